The van der Waals surface area contributed by atoms with E-state index in [0.717, 1.165) is 18.7 Å². The van der Waals surface area contributed by atoms with Gasteiger partial charge in [-0.15, -0.1) is 0 Å². The lowest BCUT2D eigenvalue weighted by molar-refractivity contribution is 0.242. The van der Waals surface area contributed by atoms with Crippen LogP contribution in [-0.4, -0.2) is 36.9 Å². The minimum atomic E-state index is -0.174. The zero-order valence-electron chi connectivity index (χ0n) is 11.2. The van der Waals surface area contributed by atoms with Crippen LogP contribution in [0.3, 0.4) is 0 Å². The minimum Gasteiger partial charge on any atom is -0.491 e. The van der Waals surface area contributed by atoms with Crippen LogP contribution in [0.4, 0.5) is 0 Å². The number of aliphatic hydroxyl groups is 1. The molecule has 0 amide bonds. The smallest absolute Gasteiger partial charge is 0.119 e. The predicted octanol–water partition coefficient (Wildman–Crippen LogP) is 0.925. The van der Waals surface area contributed by atoms with Crippen molar-refractivity contribution in [2.45, 2.75) is 32.4 Å². The van der Waals surface area contributed by atoms with Crippen molar-refractivity contribution in [2.75, 3.05) is 19.7 Å². The molecular formula is C14H24N2O2. The molecule has 0 radical (unpaired) electrons. The predicted molar refractivity (Wildman–Crippen MR) is 73.8 cm³/mol. The number of nitrogens with one attached hydrogen (secondary N) is 1. The highest BCUT2D eigenvalue weighted by Gasteiger charge is 2.00. The normalized spacial score (nSPS) is 12.7. The van der Waals surface area contributed by atoms with Crippen LogP contribution in [0.15, 0.2) is 24.3 Å². The van der Waals surface area contributed by atoms with Crippen LogP contribution in [0.1, 0.15) is 19.4 Å². The van der Waals surface area contributed by atoms with E-state index >= 15 is 0 Å². The average molecular weight is 252 g/mol. The van der Waals surface area contributed by atoms with Gasteiger partial charge in [0.2, 0.25) is 0 Å². The molecule has 0 fully saturated rings. The quantitative estimate of drug-likeness (QED) is 0.602. The van der Waals surface area contributed by atoms with Crippen molar-refractivity contribution in [3.63, 3.8) is 0 Å². The second-order valence-electron chi connectivity index (χ2n) is 4.71. The number of benzene rings is 1. The molecule has 1 atom stereocenters. The molecule has 0 aliphatic rings. The van der Waals surface area contributed by atoms with Crippen molar-refractivity contribution in [3.05, 3.63) is 29.8 Å². The van der Waals surface area contributed by atoms with E-state index in [4.69, 9.17) is 15.6 Å². The molecule has 1 rings (SSSR count). The highest BCUT2D eigenvalue weighted by molar-refractivity contribution is 5.27. The third kappa shape index (κ3) is 6.00. The lowest BCUT2D eigenvalue weighted by Crippen LogP contribution is -2.37. The Bertz CT molecular complexity index is 325. The van der Waals surface area contributed by atoms with Crippen molar-refractivity contribution in [2.24, 2.45) is 5.73 Å². The summed E-state index contributed by atoms with van der Waals surface area (Å²) in [6.45, 7) is 5.56. The summed E-state index contributed by atoms with van der Waals surface area (Å²) < 4.78 is 5.58. The second kappa shape index (κ2) is 8.08. The average Bonchev–Trinajstić information content (AvgIpc) is 2.35. The first-order chi connectivity index (χ1) is 8.61. The maximum Gasteiger partial charge on any atom is 0.119 e. The standard InChI is InChI=1S/C14H24N2O2/c1-11(2)18-14-5-3-12(4-6-14)7-8-16-9-13(15)10-17/h3-6,11,13,16-17H,7-10,15H2,1-2H3. The zero-order valence-corrected chi connectivity index (χ0v) is 11.2. The summed E-state index contributed by atoms with van der Waals surface area (Å²) in [7, 11) is 0. The molecule has 4 heteroatoms. The first-order valence-electron chi connectivity index (χ1n) is 6.44. The fraction of sp³-hybridized carbons (Fsp3) is 0.571. The molecule has 1 aromatic carbocycles. The molecular weight excluding hydrogens is 228 g/mol. The zero-order chi connectivity index (χ0) is 13.4. The van der Waals surface area contributed by atoms with Gasteiger partial charge in [-0.2, -0.15) is 0 Å². The Morgan fingerprint density at radius 1 is 1.28 bits per heavy atom. The van der Waals surface area contributed by atoms with E-state index in [9.17, 15) is 0 Å². The lowest BCUT2D eigenvalue weighted by atomic mass is 10.1. The van der Waals surface area contributed by atoms with Crippen LogP contribution in [0.5, 0.6) is 5.75 Å². The summed E-state index contributed by atoms with van der Waals surface area (Å²) in [5, 5.41) is 12.0. The maximum atomic E-state index is 8.77. The van der Waals surface area contributed by atoms with E-state index in [1.54, 1.807) is 0 Å². The SMILES string of the molecule is CC(C)Oc1ccc(CCNCC(N)CO)cc1. The van der Waals surface area contributed by atoms with Crippen LogP contribution >= 0.6 is 0 Å². The highest BCUT2D eigenvalue weighted by Crippen LogP contribution is 2.13. The van der Waals surface area contributed by atoms with Crippen molar-refractivity contribution in [3.8, 4) is 5.75 Å². The van der Waals surface area contributed by atoms with E-state index in [2.05, 4.69) is 17.4 Å². The van der Waals surface area contributed by atoms with Crippen molar-refractivity contribution in [1.82, 2.24) is 5.32 Å². The summed E-state index contributed by atoms with van der Waals surface area (Å²) in [6, 6.07) is 7.96. The Balaban J connectivity index is 2.26. The van der Waals surface area contributed by atoms with E-state index in [0.29, 0.717) is 6.54 Å². The lowest BCUT2D eigenvalue weighted by Gasteiger charge is -2.11. The fourth-order valence-corrected chi connectivity index (χ4v) is 1.59. The molecule has 0 heterocycles. The first-order valence-corrected chi connectivity index (χ1v) is 6.44. The number of ether oxygens (including phenoxy) is 1. The molecule has 1 unspecified atom stereocenters. The Kier molecular flexibility index (Phi) is 6.72. The van der Waals surface area contributed by atoms with Gasteiger partial charge in [0, 0.05) is 12.6 Å². The van der Waals surface area contributed by atoms with E-state index in [-0.39, 0.29) is 18.8 Å². The van der Waals surface area contributed by atoms with Crippen LogP contribution in [0.2, 0.25) is 0 Å². The summed E-state index contributed by atoms with van der Waals surface area (Å²) in [5.74, 6) is 0.906. The molecule has 0 aliphatic carbocycles. The molecule has 0 aliphatic heterocycles. The third-order valence-electron chi connectivity index (χ3n) is 2.53. The van der Waals surface area contributed by atoms with Crippen LogP contribution < -0.4 is 15.8 Å². The number of rotatable bonds is 8. The summed E-state index contributed by atoms with van der Waals surface area (Å²) in [4.78, 5) is 0. The number of aliphatic hydroxyl groups excluding tert-OH is 1. The van der Waals surface area contributed by atoms with Crippen LogP contribution in [-0.2, 0) is 6.42 Å². The molecule has 0 aromatic heterocycles. The number of nitrogens with two attached hydrogens (primary N) is 1. The fourth-order valence-electron chi connectivity index (χ4n) is 1.59. The van der Waals surface area contributed by atoms with E-state index < -0.39 is 0 Å². The molecule has 0 saturated carbocycles. The van der Waals surface area contributed by atoms with Crippen molar-refractivity contribution >= 4 is 0 Å². The Morgan fingerprint density at radius 2 is 1.94 bits per heavy atom. The van der Waals surface area contributed by atoms with Crippen molar-refractivity contribution in [1.29, 1.82) is 0 Å². The van der Waals surface area contributed by atoms with Gasteiger partial charge in [0.15, 0.2) is 0 Å². The molecule has 1 aromatic rings. The van der Waals surface area contributed by atoms with Gasteiger partial charge in [-0.3, -0.25) is 0 Å². The summed E-state index contributed by atoms with van der Waals surface area (Å²) in [6.07, 6.45) is 1.15. The van der Waals surface area contributed by atoms with Gasteiger partial charge in [0.05, 0.1) is 12.7 Å². The van der Waals surface area contributed by atoms with E-state index in [1.807, 2.05) is 26.0 Å². The van der Waals surface area contributed by atoms with Crippen LogP contribution in [0.25, 0.3) is 0 Å². The third-order valence-corrected chi connectivity index (χ3v) is 2.53. The Morgan fingerprint density at radius 3 is 2.50 bits per heavy atom. The van der Waals surface area contributed by atoms with Gasteiger partial charge in [-0.1, -0.05) is 12.1 Å². The molecule has 18 heavy (non-hydrogen) atoms. The molecule has 4 nitrogen and oxygen atoms in total. The summed E-state index contributed by atoms with van der Waals surface area (Å²) >= 11 is 0. The minimum absolute atomic E-state index is 0.0221. The Hall–Kier alpha value is -1.10. The van der Waals surface area contributed by atoms with Gasteiger partial charge in [-0.25, -0.2) is 0 Å². The first kappa shape index (κ1) is 15.0. The molecule has 102 valence electrons. The van der Waals surface area contributed by atoms with Crippen LogP contribution in [0, 0.1) is 0 Å². The number of hydrogen-bond donors (Lipinski definition) is 3. The van der Waals surface area contributed by atoms with Gasteiger partial charge in [-0.05, 0) is 44.5 Å². The number of hydrogen-bond acceptors (Lipinski definition) is 4. The molecule has 4 N–H and O–H groups in total. The largest absolute Gasteiger partial charge is 0.491 e. The second-order valence-corrected chi connectivity index (χ2v) is 4.71. The van der Waals surface area contributed by atoms with Gasteiger partial charge < -0.3 is 20.9 Å². The van der Waals surface area contributed by atoms with Gasteiger partial charge >= 0.3 is 0 Å². The molecule has 0 saturated heterocycles. The summed E-state index contributed by atoms with van der Waals surface area (Å²) in [5.41, 5.74) is 6.85. The van der Waals surface area contributed by atoms with Gasteiger partial charge in [0.1, 0.15) is 5.75 Å². The monoisotopic (exact) mass is 252 g/mol. The topological polar surface area (TPSA) is 67.5 Å². The van der Waals surface area contributed by atoms with E-state index in [1.165, 1.54) is 5.56 Å². The molecule has 0 spiro atoms. The maximum absolute atomic E-state index is 8.77. The van der Waals surface area contributed by atoms with Gasteiger partial charge in [0.25, 0.3) is 0 Å². The Labute approximate surface area is 109 Å². The van der Waals surface area contributed by atoms with Crippen molar-refractivity contribution < 1.29 is 9.84 Å². The highest BCUT2D eigenvalue weighted by atomic mass is 16.5. The molecule has 0 bridgehead atoms.